The van der Waals surface area contributed by atoms with E-state index in [1.54, 1.807) is 68.4 Å². The normalized spacial score (nSPS) is 20.6. The average Bonchev–Trinajstić information content (AvgIpc) is 3.19. The number of hydrazone groups is 1. The van der Waals surface area contributed by atoms with E-state index < -0.39 is 46.3 Å². The highest BCUT2D eigenvalue weighted by molar-refractivity contribution is 6.31. The number of amidine groups is 1. The number of ether oxygens (including phenoxy) is 3. The van der Waals surface area contributed by atoms with Gasteiger partial charge in [-0.2, -0.15) is 15.4 Å². The number of nitriles is 1. The van der Waals surface area contributed by atoms with E-state index in [1.807, 2.05) is 6.07 Å². The van der Waals surface area contributed by atoms with Crippen LogP contribution in [0.15, 0.2) is 71.0 Å². The van der Waals surface area contributed by atoms with Crippen molar-refractivity contribution < 1.29 is 28.6 Å². The van der Waals surface area contributed by atoms with Crippen molar-refractivity contribution >= 4 is 40.8 Å². The minimum Gasteiger partial charge on any atom is -0.497 e. The molecule has 2 aromatic carbocycles. The maximum atomic E-state index is 14.3. The molecule has 0 saturated heterocycles. The lowest BCUT2D eigenvalue weighted by Crippen LogP contribution is -2.59. The summed E-state index contributed by atoms with van der Waals surface area (Å²) in [7, 11) is 1.49. The van der Waals surface area contributed by atoms with E-state index >= 15 is 0 Å². The summed E-state index contributed by atoms with van der Waals surface area (Å²) in [6.07, 6.45) is 0. The van der Waals surface area contributed by atoms with Gasteiger partial charge in [0.25, 0.3) is 5.91 Å². The molecule has 2 heterocycles. The third-order valence-electron chi connectivity index (χ3n) is 6.56. The summed E-state index contributed by atoms with van der Waals surface area (Å²) in [5, 5.41) is 25.1. The summed E-state index contributed by atoms with van der Waals surface area (Å²) in [5.74, 6) is -4.16. The van der Waals surface area contributed by atoms with Gasteiger partial charge in [-0.1, -0.05) is 18.2 Å². The number of anilines is 2. The van der Waals surface area contributed by atoms with Crippen LogP contribution in [0, 0.1) is 28.1 Å². The summed E-state index contributed by atoms with van der Waals surface area (Å²) >= 11 is 0. The molecule has 0 radical (unpaired) electrons. The number of esters is 2. The first-order chi connectivity index (χ1) is 18.8. The highest BCUT2D eigenvalue weighted by Gasteiger charge is 2.66. The molecule has 0 aromatic heterocycles. The van der Waals surface area contributed by atoms with E-state index in [9.17, 15) is 19.6 Å². The van der Waals surface area contributed by atoms with Gasteiger partial charge < -0.3 is 14.2 Å². The zero-order valence-electron chi connectivity index (χ0n) is 21.9. The SMILES string of the molecule is CCOC(=O)C1=C(C(=O)OCC)C2(C(=O)N(c3ccccc3)N=C2C)C(C#N)C(=N)N1c1ccc(OC)cc1. The van der Waals surface area contributed by atoms with Gasteiger partial charge in [0.2, 0.25) is 0 Å². The highest BCUT2D eigenvalue weighted by Crippen LogP contribution is 2.51. The molecule has 0 bridgehead atoms. The summed E-state index contributed by atoms with van der Waals surface area (Å²) in [5.41, 5.74) is -2.19. The molecule has 4 rings (SSSR count). The van der Waals surface area contributed by atoms with Gasteiger partial charge in [-0.3, -0.25) is 15.1 Å². The molecule has 11 heteroatoms. The molecule has 2 aromatic rings. The molecule has 2 aliphatic rings. The van der Waals surface area contributed by atoms with Gasteiger partial charge in [-0.25, -0.2) is 9.59 Å². The average molecular weight is 530 g/mol. The molecule has 0 saturated carbocycles. The minimum atomic E-state index is -2.11. The van der Waals surface area contributed by atoms with Crippen molar-refractivity contribution in [2.45, 2.75) is 20.8 Å². The number of nitrogens with zero attached hydrogens (tertiary/aromatic N) is 4. The summed E-state index contributed by atoms with van der Waals surface area (Å²) in [6, 6.07) is 16.9. The van der Waals surface area contributed by atoms with Crippen LogP contribution in [-0.2, 0) is 23.9 Å². The first kappa shape index (κ1) is 27.1. The van der Waals surface area contributed by atoms with Crippen molar-refractivity contribution in [2.75, 3.05) is 30.2 Å². The van der Waals surface area contributed by atoms with Gasteiger partial charge in [0.15, 0.2) is 0 Å². The molecule has 1 spiro atoms. The van der Waals surface area contributed by atoms with Crippen molar-refractivity contribution in [1.82, 2.24) is 0 Å². The number of nitrogens with one attached hydrogen (secondary N) is 1. The van der Waals surface area contributed by atoms with Gasteiger partial charge in [0.1, 0.15) is 28.6 Å². The van der Waals surface area contributed by atoms with E-state index in [-0.39, 0.29) is 24.6 Å². The Morgan fingerprint density at radius 1 is 1.03 bits per heavy atom. The second kappa shape index (κ2) is 10.8. The number of methoxy groups -OCH3 is 1. The van der Waals surface area contributed by atoms with Crippen LogP contribution in [0.4, 0.5) is 11.4 Å². The molecule has 39 heavy (non-hydrogen) atoms. The molecule has 11 nitrogen and oxygen atoms in total. The Labute approximate surface area is 225 Å². The maximum Gasteiger partial charge on any atom is 0.355 e. The van der Waals surface area contributed by atoms with Gasteiger partial charge in [-0.15, -0.1) is 0 Å². The van der Waals surface area contributed by atoms with Crippen molar-refractivity contribution in [1.29, 1.82) is 10.7 Å². The van der Waals surface area contributed by atoms with Gasteiger partial charge >= 0.3 is 11.9 Å². The molecular weight excluding hydrogens is 502 g/mol. The van der Waals surface area contributed by atoms with Crippen LogP contribution in [-0.4, -0.2) is 49.7 Å². The number of carbonyl (C=O) groups is 3. The summed E-state index contributed by atoms with van der Waals surface area (Å²) < 4.78 is 15.9. The smallest absolute Gasteiger partial charge is 0.355 e. The minimum absolute atomic E-state index is 0.0476. The third kappa shape index (κ3) is 4.20. The second-order valence-electron chi connectivity index (χ2n) is 8.59. The lowest BCUT2D eigenvalue weighted by Gasteiger charge is -2.43. The van der Waals surface area contributed by atoms with Crippen LogP contribution in [0.25, 0.3) is 0 Å². The predicted octanol–water partition coefficient (Wildman–Crippen LogP) is 3.42. The summed E-state index contributed by atoms with van der Waals surface area (Å²) in [6.45, 7) is 4.54. The number of benzene rings is 2. The Morgan fingerprint density at radius 2 is 1.64 bits per heavy atom. The van der Waals surface area contributed by atoms with Crippen molar-refractivity contribution in [3.8, 4) is 11.8 Å². The molecule has 1 amide bonds. The van der Waals surface area contributed by atoms with Gasteiger partial charge in [0.05, 0.1) is 43.4 Å². The van der Waals surface area contributed by atoms with Crippen LogP contribution >= 0.6 is 0 Å². The van der Waals surface area contributed by atoms with Crippen LogP contribution in [0.2, 0.25) is 0 Å². The topological polar surface area (TPSA) is 145 Å². The third-order valence-corrected chi connectivity index (χ3v) is 6.56. The Morgan fingerprint density at radius 3 is 2.21 bits per heavy atom. The Bertz CT molecular complexity index is 1430. The summed E-state index contributed by atoms with van der Waals surface area (Å²) in [4.78, 5) is 42.8. The quantitative estimate of drug-likeness (QED) is 0.537. The molecule has 2 unspecified atom stereocenters. The van der Waals surface area contributed by atoms with Crippen LogP contribution in [0.1, 0.15) is 20.8 Å². The Kier molecular flexibility index (Phi) is 7.49. The van der Waals surface area contributed by atoms with Crippen LogP contribution < -0.4 is 14.6 Å². The number of carbonyl (C=O) groups excluding carboxylic acids is 3. The first-order valence-electron chi connectivity index (χ1n) is 12.2. The molecule has 2 aliphatic heterocycles. The van der Waals surface area contributed by atoms with Crippen LogP contribution in [0.5, 0.6) is 5.75 Å². The first-order valence-corrected chi connectivity index (χ1v) is 12.2. The zero-order valence-corrected chi connectivity index (χ0v) is 21.9. The van der Waals surface area contributed by atoms with Gasteiger partial charge in [0, 0.05) is 5.69 Å². The number of rotatable bonds is 7. The van der Waals surface area contributed by atoms with Crippen molar-refractivity contribution in [3.05, 3.63) is 65.9 Å². The Balaban J connectivity index is 2.09. The largest absolute Gasteiger partial charge is 0.497 e. The zero-order chi connectivity index (χ0) is 28.3. The number of amides is 1. The number of hydrogen-bond acceptors (Lipinski definition) is 9. The molecular formula is C28H27N5O6. The van der Waals surface area contributed by atoms with Gasteiger partial charge in [-0.05, 0) is 57.2 Å². The second-order valence-corrected chi connectivity index (χ2v) is 8.59. The lowest BCUT2D eigenvalue weighted by molar-refractivity contribution is -0.144. The highest BCUT2D eigenvalue weighted by atomic mass is 16.5. The fraction of sp³-hybridized carbons (Fsp3) is 0.286. The standard InChI is InChI=1S/C28H27N5O6/c1-5-38-25(34)22-23(26(35)39-6-2)32(18-12-14-20(37-4)15-13-18)24(30)21(16-29)28(22)17(3)31-33(27(28)36)19-10-8-7-9-11-19/h7-15,21,30H,5-6H2,1-4H3. The maximum absolute atomic E-state index is 14.3. The molecule has 1 N–H and O–H groups in total. The van der Waals surface area contributed by atoms with Crippen LogP contribution in [0.3, 0.4) is 0 Å². The molecule has 2 atom stereocenters. The number of para-hydroxylation sites is 1. The lowest BCUT2D eigenvalue weighted by atomic mass is 9.63. The van der Waals surface area contributed by atoms with E-state index in [1.165, 1.54) is 14.0 Å². The Hall–Kier alpha value is -4.98. The molecule has 0 fully saturated rings. The van der Waals surface area contributed by atoms with E-state index in [2.05, 4.69) is 5.10 Å². The fourth-order valence-corrected chi connectivity index (χ4v) is 4.87. The fourth-order valence-electron chi connectivity index (χ4n) is 4.87. The number of hydrogen-bond donors (Lipinski definition) is 1. The van der Waals surface area contributed by atoms with E-state index in [4.69, 9.17) is 19.6 Å². The molecule has 0 aliphatic carbocycles. The molecule has 200 valence electrons. The van der Waals surface area contributed by atoms with E-state index in [0.29, 0.717) is 11.4 Å². The monoisotopic (exact) mass is 529 g/mol. The predicted molar refractivity (Wildman–Crippen MR) is 142 cm³/mol. The van der Waals surface area contributed by atoms with E-state index in [0.717, 1.165) is 9.91 Å². The van der Waals surface area contributed by atoms with Crippen molar-refractivity contribution in [3.63, 3.8) is 0 Å². The van der Waals surface area contributed by atoms with Crippen molar-refractivity contribution in [2.24, 2.45) is 16.4 Å².